The second-order valence-electron chi connectivity index (χ2n) is 5.65. The van der Waals surface area contributed by atoms with Crippen LogP contribution in [0.2, 0.25) is 10.0 Å². The third kappa shape index (κ3) is 4.73. The molecule has 0 fully saturated rings. The van der Waals surface area contributed by atoms with E-state index >= 15 is 0 Å². The van der Waals surface area contributed by atoms with Gasteiger partial charge in [-0.1, -0.05) is 35.3 Å². The van der Waals surface area contributed by atoms with Gasteiger partial charge >= 0.3 is 12.2 Å². The van der Waals surface area contributed by atoms with Crippen LogP contribution in [0, 0.1) is 0 Å². The Morgan fingerprint density at radius 2 is 1.93 bits per heavy atom. The number of carbonyl (C=O) groups is 1. The summed E-state index contributed by atoms with van der Waals surface area (Å²) in [6.07, 6.45) is -3.35. The van der Waals surface area contributed by atoms with Crippen LogP contribution in [0.25, 0.3) is 0 Å². The van der Waals surface area contributed by atoms with Crippen LogP contribution in [0.4, 0.5) is 23.7 Å². The van der Waals surface area contributed by atoms with E-state index in [1.165, 1.54) is 30.6 Å². The van der Waals surface area contributed by atoms with Crippen LogP contribution >= 0.6 is 23.2 Å². The summed E-state index contributed by atoms with van der Waals surface area (Å²) in [7, 11) is 0. The zero-order chi connectivity index (χ0) is 20.3. The first-order valence-corrected chi connectivity index (χ1v) is 8.54. The predicted octanol–water partition coefficient (Wildman–Crippen LogP) is 5.04. The molecule has 0 spiro atoms. The Balaban J connectivity index is 1.88. The second-order valence-corrected chi connectivity index (χ2v) is 6.49. The fourth-order valence-corrected chi connectivity index (χ4v) is 2.78. The van der Waals surface area contributed by atoms with E-state index in [1.54, 1.807) is 6.07 Å². The highest BCUT2D eigenvalue weighted by molar-refractivity contribution is 6.35. The van der Waals surface area contributed by atoms with Gasteiger partial charge < -0.3 is 10.6 Å². The zero-order valence-corrected chi connectivity index (χ0v) is 15.4. The number of hydrogen-bond donors (Lipinski definition) is 3. The quantitative estimate of drug-likeness (QED) is 0.543. The maximum atomic E-state index is 13.0. The highest BCUT2D eigenvalue weighted by atomic mass is 35.5. The van der Waals surface area contributed by atoms with Crippen LogP contribution in [0.1, 0.15) is 23.0 Å². The van der Waals surface area contributed by atoms with Crippen molar-refractivity contribution in [2.45, 2.75) is 12.2 Å². The number of aromatic amines is 1. The fourth-order valence-electron chi connectivity index (χ4n) is 2.44. The van der Waals surface area contributed by atoms with Crippen molar-refractivity contribution >= 4 is 34.9 Å². The fraction of sp³-hybridized carbons (Fsp3) is 0.118. The average Bonchev–Trinajstić information content (AvgIpc) is 3.16. The van der Waals surface area contributed by atoms with Crippen molar-refractivity contribution in [2.24, 2.45) is 0 Å². The number of aromatic nitrogens is 3. The smallest absolute Gasteiger partial charge is 0.324 e. The number of halogens is 5. The summed E-state index contributed by atoms with van der Waals surface area (Å²) >= 11 is 11.9. The molecular weight excluding hydrogens is 418 g/mol. The number of rotatable bonds is 4. The lowest BCUT2D eigenvalue weighted by molar-refractivity contribution is -0.137. The topological polar surface area (TPSA) is 82.7 Å². The number of benzene rings is 2. The molecule has 1 aromatic heterocycles. The number of carbonyl (C=O) groups excluding carboxylic acids is 1. The first-order chi connectivity index (χ1) is 13.2. The molecule has 0 bridgehead atoms. The van der Waals surface area contributed by atoms with Crippen molar-refractivity contribution in [3.05, 3.63) is 75.8 Å². The Labute approximate surface area is 167 Å². The number of alkyl halides is 3. The maximum Gasteiger partial charge on any atom is 0.416 e. The SMILES string of the molecule is O=C(Nc1cc(Cl)ccc1Cl)N[C@H](c1cccc(C(F)(F)F)c1)c1ncn[nH]1. The van der Waals surface area contributed by atoms with Crippen LogP contribution < -0.4 is 10.6 Å². The molecule has 2 aromatic carbocycles. The molecule has 6 nitrogen and oxygen atoms in total. The molecule has 0 saturated heterocycles. The highest BCUT2D eigenvalue weighted by Crippen LogP contribution is 2.32. The van der Waals surface area contributed by atoms with Crippen LogP contribution in [-0.2, 0) is 6.18 Å². The summed E-state index contributed by atoms with van der Waals surface area (Å²) in [6.45, 7) is 0. The van der Waals surface area contributed by atoms with Crippen LogP contribution in [-0.4, -0.2) is 21.2 Å². The van der Waals surface area contributed by atoms with E-state index in [4.69, 9.17) is 23.2 Å². The van der Waals surface area contributed by atoms with Gasteiger partial charge in [0.05, 0.1) is 16.3 Å². The van der Waals surface area contributed by atoms with E-state index in [-0.39, 0.29) is 22.1 Å². The van der Waals surface area contributed by atoms with Crippen molar-refractivity contribution in [2.75, 3.05) is 5.32 Å². The van der Waals surface area contributed by atoms with E-state index in [1.807, 2.05) is 0 Å². The number of hydrogen-bond acceptors (Lipinski definition) is 3. The number of H-pyrrole nitrogens is 1. The number of anilines is 1. The minimum absolute atomic E-state index is 0.159. The molecule has 1 heterocycles. The number of nitrogens with zero attached hydrogens (tertiary/aromatic N) is 2. The van der Waals surface area contributed by atoms with Crippen molar-refractivity contribution in [3.63, 3.8) is 0 Å². The molecule has 0 saturated carbocycles. The van der Waals surface area contributed by atoms with Gasteiger partial charge in [-0.2, -0.15) is 18.3 Å². The summed E-state index contributed by atoms with van der Waals surface area (Å²) in [5.74, 6) is 0.159. The predicted molar refractivity (Wildman–Crippen MR) is 98.3 cm³/mol. The second kappa shape index (κ2) is 8.07. The Morgan fingerprint density at radius 1 is 1.14 bits per heavy atom. The minimum Gasteiger partial charge on any atom is -0.324 e. The van der Waals surface area contributed by atoms with Crippen LogP contribution in [0.5, 0.6) is 0 Å². The number of nitrogens with one attached hydrogen (secondary N) is 3. The summed E-state index contributed by atoms with van der Waals surface area (Å²) in [6, 6.07) is 7.31. The summed E-state index contributed by atoms with van der Waals surface area (Å²) < 4.78 is 39.1. The lowest BCUT2D eigenvalue weighted by Gasteiger charge is -2.19. The molecule has 0 radical (unpaired) electrons. The van der Waals surface area contributed by atoms with E-state index in [2.05, 4.69) is 25.8 Å². The van der Waals surface area contributed by atoms with Gasteiger partial charge in [0.1, 0.15) is 12.4 Å². The molecular formula is C17H12Cl2F3N5O. The summed E-state index contributed by atoms with van der Waals surface area (Å²) in [5.41, 5.74) is -0.444. The Morgan fingerprint density at radius 3 is 2.61 bits per heavy atom. The van der Waals surface area contributed by atoms with E-state index < -0.39 is 23.8 Å². The summed E-state index contributed by atoms with van der Waals surface area (Å²) in [5, 5.41) is 11.9. The van der Waals surface area contributed by atoms with E-state index in [0.29, 0.717) is 5.02 Å². The molecule has 11 heteroatoms. The van der Waals surface area contributed by atoms with Gasteiger partial charge in [-0.05, 0) is 35.9 Å². The maximum absolute atomic E-state index is 13.0. The third-order valence-electron chi connectivity index (χ3n) is 3.71. The highest BCUT2D eigenvalue weighted by Gasteiger charge is 2.31. The first-order valence-electron chi connectivity index (χ1n) is 7.79. The van der Waals surface area contributed by atoms with Crippen LogP contribution in [0.3, 0.4) is 0 Å². The lowest BCUT2D eigenvalue weighted by atomic mass is 10.0. The number of urea groups is 1. The van der Waals surface area contributed by atoms with Gasteiger partial charge in [-0.15, -0.1) is 0 Å². The molecule has 146 valence electrons. The monoisotopic (exact) mass is 429 g/mol. The molecule has 0 unspecified atom stereocenters. The molecule has 0 aliphatic carbocycles. The molecule has 0 aliphatic rings. The van der Waals surface area contributed by atoms with Crippen molar-refractivity contribution in [1.29, 1.82) is 0 Å². The number of amides is 2. The molecule has 3 N–H and O–H groups in total. The van der Waals surface area contributed by atoms with Crippen molar-refractivity contribution in [3.8, 4) is 0 Å². The molecule has 28 heavy (non-hydrogen) atoms. The minimum atomic E-state index is -4.53. The van der Waals surface area contributed by atoms with Crippen LogP contribution in [0.15, 0.2) is 48.8 Å². The van der Waals surface area contributed by atoms with Crippen molar-refractivity contribution in [1.82, 2.24) is 20.5 Å². The Bertz CT molecular complexity index is 979. The molecule has 3 rings (SSSR count). The largest absolute Gasteiger partial charge is 0.416 e. The van der Waals surface area contributed by atoms with Crippen molar-refractivity contribution < 1.29 is 18.0 Å². The summed E-state index contributed by atoms with van der Waals surface area (Å²) in [4.78, 5) is 16.4. The van der Waals surface area contributed by atoms with Gasteiger partial charge in [0.2, 0.25) is 0 Å². The Hall–Kier alpha value is -2.78. The van der Waals surface area contributed by atoms with Gasteiger partial charge in [0.25, 0.3) is 0 Å². The molecule has 2 amide bonds. The van der Waals surface area contributed by atoms with Gasteiger partial charge in [0, 0.05) is 5.02 Å². The van der Waals surface area contributed by atoms with Gasteiger partial charge in [-0.25, -0.2) is 9.78 Å². The standard InChI is InChI=1S/C17H12Cl2F3N5O/c18-11-4-5-12(19)13(7-11)25-16(28)26-14(15-23-8-24-27-15)9-2-1-3-10(6-9)17(20,21)22/h1-8,14H,(H,23,24,27)(H2,25,26,28)/t14-/m1/s1. The molecule has 3 aromatic rings. The zero-order valence-electron chi connectivity index (χ0n) is 13.9. The third-order valence-corrected chi connectivity index (χ3v) is 4.27. The van der Waals surface area contributed by atoms with E-state index in [0.717, 1.165) is 12.1 Å². The molecule has 1 atom stereocenters. The van der Waals surface area contributed by atoms with E-state index in [9.17, 15) is 18.0 Å². The average molecular weight is 430 g/mol. The molecule has 0 aliphatic heterocycles. The lowest BCUT2D eigenvalue weighted by Crippen LogP contribution is -2.34. The first kappa shape index (κ1) is 20.0. The Kier molecular flexibility index (Phi) is 5.76. The normalized spacial score (nSPS) is 12.5. The van der Waals surface area contributed by atoms with Gasteiger partial charge in [-0.3, -0.25) is 5.10 Å². The van der Waals surface area contributed by atoms with Gasteiger partial charge in [0.15, 0.2) is 5.82 Å².